The van der Waals surface area contributed by atoms with Gasteiger partial charge in [-0.3, -0.25) is 4.90 Å². The van der Waals surface area contributed by atoms with Crippen LogP contribution in [0.1, 0.15) is 54.4 Å². The zero-order chi connectivity index (χ0) is 13.2. The van der Waals surface area contributed by atoms with Crippen LogP contribution in [0.5, 0.6) is 0 Å². The molecule has 1 saturated heterocycles. The Morgan fingerprint density at radius 3 is 2.06 bits per heavy atom. The largest absolute Gasteiger partial charge is 0.299 e. The maximum Gasteiger partial charge on any atom is 0.0373 e. The lowest BCUT2D eigenvalue weighted by atomic mass is 9.73. The van der Waals surface area contributed by atoms with Gasteiger partial charge in [0, 0.05) is 6.04 Å². The molecule has 98 valence electrons. The normalized spacial score (nSPS) is 29.8. The molecule has 0 aromatic rings. The van der Waals surface area contributed by atoms with Crippen LogP contribution in [0, 0.1) is 5.92 Å². The van der Waals surface area contributed by atoms with Crippen molar-refractivity contribution in [3.63, 3.8) is 0 Å². The van der Waals surface area contributed by atoms with Crippen molar-refractivity contribution in [3.8, 4) is 0 Å². The minimum atomic E-state index is 0.683. The number of fused-ring (bicyclic) bond motifs is 1. The Morgan fingerprint density at radius 2 is 1.47 bits per heavy atom. The van der Waals surface area contributed by atoms with Crippen LogP contribution in [-0.4, -0.2) is 24.5 Å². The minimum absolute atomic E-state index is 0.683. The summed E-state index contributed by atoms with van der Waals surface area (Å²) in [6, 6.07) is 0.683. The Bertz CT molecular complexity index is 335. The van der Waals surface area contributed by atoms with Crippen LogP contribution in [0.25, 0.3) is 0 Å². The highest BCUT2D eigenvalue weighted by Crippen LogP contribution is 2.40. The first-order chi connectivity index (χ1) is 8.04. The maximum absolute atomic E-state index is 2.54. The first kappa shape index (κ1) is 14.5. The number of likely N-dealkylation sites (N-methyl/N-ethyl adjacent to an activating group) is 1. The topological polar surface area (TPSA) is 3.24 Å². The highest BCUT2D eigenvalue weighted by molar-refractivity contribution is 5.43. The van der Waals surface area contributed by atoms with Gasteiger partial charge in [-0.05, 0) is 71.2 Å². The summed E-state index contributed by atoms with van der Waals surface area (Å²) < 4.78 is 0. The lowest BCUT2D eigenvalue weighted by Gasteiger charge is -2.44. The van der Waals surface area contributed by atoms with E-state index in [1.807, 2.05) is 13.8 Å². The van der Waals surface area contributed by atoms with E-state index in [2.05, 4.69) is 39.6 Å². The minimum Gasteiger partial charge on any atom is -0.299 e. The molecule has 1 heteroatoms. The van der Waals surface area contributed by atoms with Gasteiger partial charge in [-0.25, -0.2) is 0 Å². The Balaban J connectivity index is 0.000000686. The summed E-state index contributed by atoms with van der Waals surface area (Å²) in [7, 11) is 2.28. The molecule has 0 bridgehead atoms. The first-order valence-corrected chi connectivity index (χ1v) is 7.09. The Kier molecular flexibility index (Phi) is 5.00. The van der Waals surface area contributed by atoms with Crippen LogP contribution in [0.15, 0.2) is 22.3 Å². The van der Waals surface area contributed by atoms with Gasteiger partial charge in [0.2, 0.25) is 0 Å². The van der Waals surface area contributed by atoms with Crippen molar-refractivity contribution in [1.29, 1.82) is 0 Å². The fourth-order valence-electron chi connectivity index (χ4n) is 3.34. The van der Waals surface area contributed by atoms with Gasteiger partial charge < -0.3 is 0 Å². The SMILES string of the molecule is CC.CC1=C(C)C2CCCN(C)C2C(C)=C1C. The number of rotatable bonds is 0. The number of hydrogen-bond donors (Lipinski definition) is 0. The molecule has 2 aliphatic rings. The molecule has 0 radical (unpaired) electrons. The van der Waals surface area contributed by atoms with Crippen LogP contribution in [-0.2, 0) is 0 Å². The summed E-state index contributed by atoms with van der Waals surface area (Å²) in [4.78, 5) is 2.54. The molecule has 0 saturated carbocycles. The van der Waals surface area contributed by atoms with Crippen molar-refractivity contribution in [2.75, 3.05) is 13.6 Å². The molecule has 1 heterocycles. The molecule has 0 N–H and O–H groups in total. The summed E-state index contributed by atoms with van der Waals surface area (Å²) in [5.41, 5.74) is 6.31. The van der Waals surface area contributed by atoms with E-state index in [1.165, 1.54) is 25.0 Å². The molecule has 2 unspecified atom stereocenters. The molecule has 2 rings (SSSR count). The average Bonchev–Trinajstić information content (AvgIpc) is 2.36. The standard InChI is InChI=1S/C14H23N.C2H6/c1-9-10(2)12(4)14-13(11(9)3)7-6-8-15(14)5;1-2/h13-14H,6-8H2,1-5H3;1-2H3. The molecule has 2 atom stereocenters. The molecule has 0 amide bonds. The third-order valence-electron chi connectivity index (χ3n) is 4.63. The van der Waals surface area contributed by atoms with Crippen LogP contribution < -0.4 is 0 Å². The van der Waals surface area contributed by atoms with Crippen molar-refractivity contribution in [2.45, 2.75) is 60.4 Å². The lowest BCUT2D eigenvalue weighted by molar-refractivity contribution is 0.162. The number of hydrogen-bond acceptors (Lipinski definition) is 1. The molecular formula is C16H29N. The van der Waals surface area contributed by atoms with Gasteiger partial charge in [-0.15, -0.1) is 0 Å². The van der Waals surface area contributed by atoms with E-state index in [0.717, 1.165) is 5.92 Å². The second-order valence-electron chi connectivity index (χ2n) is 5.29. The fourth-order valence-corrected chi connectivity index (χ4v) is 3.34. The van der Waals surface area contributed by atoms with Crippen molar-refractivity contribution in [2.24, 2.45) is 5.92 Å². The molecule has 1 fully saturated rings. The van der Waals surface area contributed by atoms with E-state index in [9.17, 15) is 0 Å². The van der Waals surface area contributed by atoms with Gasteiger partial charge in [0.1, 0.15) is 0 Å². The van der Waals surface area contributed by atoms with Gasteiger partial charge >= 0.3 is 0 Å². The van der Waals surface area contributed by atoms with Crippen LogP contribution >= 0.6 is 0 Å². The molecule has 1 aliphatic carbocycles. The monoisotopic (exact) mass is 235 g/mol. The third kappa shape index (κ3) is 2.49. The molecule has 0 aromatic heterocycles. The van der Waals surface area contributed by atoms with Crippen LogP contribution in [0.2, 0.25) is 0 Å². The predicted molar refractivity (Wildman–Crippen MR) is 77.2 cm³/mol. The summed E-state index contributed by atoms with van der Waals surface area (Å²) in [5, 5.41) is 0. The molecule has 1 aliphatic heterocycles. The highest BCUT2D eigenvalue weighted by Gasteiger charge is 2.35. The first-order valence-electron chi connectivity index (χ1n) is 7.09. The van der Waals surface area contributed by atoms with Crippen molar-refractivity contribution >= 4 is 0 Å². The second-order valence-corrected chi connectivity index (χ2v) is 5.29. The predicted octanol–water partition coefficient (Wildman–Crippen LogP) is 4.41. The van der Waals surface area contributed by atoms with Gasteiger partial charge in [0.25, 0.3) is 0 Å². The summed E-state index contributed by atoms with van der Waals surface area (Å²) in [6.07, 6.45) is 2.73. The van der Waals surface area contributed by atoms with Gasteiger partial charge in [0.05, 0.1) is 0 Å². The van der Waals surface area contributed by atoms with E-state index >= 15 is 0 Å². The quantitative estimate of drug-likeness (QED) is 0.601. The van der Waals surface area contributed by atoms with Crippen LogP contribution in [0.4, 0.5) is 0 Å². The molecule has 0 aromatic carbocycles. The molecule has 17 heavy (non-hydrogen) atoms. The Morgan fingerprint density at radius 1 is 0.941 bits per heavy atom. The van der Waals surface area contributed by atoms with E-state index in [-0.39, 0.29) is 0 Å². The molecular weight excluding hydrogens is 206 g/mol. The molecule has 0 spiro atoms. The lowest BCUT2D eigenvalue weighted by Crippen LogP contribution is -2.45. The zero-order valence-corrected chi connectivity index (χ0v) is 12.7. The second kappa shape index (κ2) is 5.86. The maximum atomic E-state index is 2.54. The van der Waals surface area contributed by atoms with E-state index in [1.54, 1.807) is 16.7 Å². The smallest absolute Gasteiger partial charge is 0.0373 e. The number of allylic oxidation sites excluding steroid dienone is 2. The summed E-state index contributed by atoms with van der Waals surface area (Å²) in [5.74, 6) is 0.785. The van der Waals surface area contributed by atoms with E-state index in [4.69, 9.17) is 0 Å². The zero-order valence-electron chi connectivity index (χ0n) is 12.7. The number of nitrogens with zero attached hydrogens (tertiary/aromatic N) is 1. The molecule has 1 nitrogen and oxygen atoms in total. The number of likely N-dealkylation sites (tertiary alicyclic amines) is 1. The van der Waals surface area contributed by atoms with Gasteiger partial charge in [-0.2, -0.15) is 0 Å². The highest BCUT2D eigenvalue weighted by atomic mass is 15.1. The summed E-state index contributed by atoms with van der Waals surface area (Å²) >= 11 is 0. The van der Waals surface area contributed by atoms with E-state index in [0.29, 0.717) is 6.04 Å². The van der Waals surface area contributed by atoms with E-state index < -0.39 is 0 Å². The van der Waals surface area contributed by atoms with Gasteiger partial charge in [0.15, 0.2) is 0 Å². The third-order valence-corrected chi connectivity index (χ3v) is 4.63. The van der Waals surface area contributed by atoms with Crippen molar-refractivity contribution in [1.82, 2.24) is 4.90 Å². The van der Waals surface area contributed by atoms with Gasteiger partial charge in [-0.1, -0.05) is 25.0 Å². The Hall–Kier alpha value is -0.560. The number of piperidine rings is 1. The average molecular weight is 235 g/mol. The summed E-state index contributed by atoms with van der Waals surface area (Å²) in [6.45, 7) is 14.5. The van der Waals surface area contributed by atoms with Crippen molar-refractivity contribution in [3.05, 3.63) is 22.3 Å². The fraction of sp³-hybridized carbons (Fsp3) is 0.750. The van der Waals surface area contributed by atoms with Crippen molar-refractivity contribution < 1.29 is 0 Å². The Labute approximate surface area is 108 Å². The van der Waals surface area contributed by atoms with Crippen LogP contribution in [0.3, 0.4) is 0 Å².